The largest absolute Gasteiger partial charge is 0.478 e. The zero-order valence-electron chi connectivity index (χ0n) is 11.3. The van der Waals surface area contributed by atoms with Gasteiger partial charge in [-0.3, -0.25) is 4.79 Å². The van der Waals surface area contributed by atoms with Crippen LogP contribution in [0.5, 0.6) is 5.75 Å². The lowest BCUT2D eigenvalue weighted by Gasteiger charge is -2.21. The van der Waals surface area contributed by atoms with Crippen LogP contribution in [0.1, 0.15) is 13.8 Å². The summed E-state index contributed by atoms with van der Waals surface area (Å²) in [6.07, 6.45) is 0. The van der Waals surface area contributed by atoms with Gasteiger partial charge in [-0.25, -0.2) is 4.79 Å². The highest BCUT2D eigenvalue weighted by molar-refractivity contribution is 8.13. The van der Waals surface area contributed by atoms with Crippen LogP contribution in [0.3, 0.4) is 0 Å². The molecular formula is C13H17NO4S. The third kappa shape index (κ3) is 4.48. The fourth-order valence-corrected chi connectivity index (χ4v) is 1.76. The summed E-state index contributed by atoms with van der Waals surface area (Å²) in [5, 5.41) is 8.89. The van der Waals surface area contributed by atoms with Gasteiger partial charge < -0.3 is 14.7 Å². The van der Waals surface area contributed by atoms with Crippen molar-refractivity contribution in [1.29, 1.82) is 0 Å². The summed E-state index contributed by atoms with van der Waals surface area (Å²) in [5.41, 5.74) is -1.28. The standard InChI is InChI=1S/C13H17NO4S/c1-13(2,11(15)16)18-9-5-7-10(8-6-9)19-12(17)14(3)4/h5-8H,1-4H3,(H,15,16). The van der Waals surface area contributed by atoms with Gasteiger partial charge in [-0.15, -0.1) is 0 Å². The van der Waals surface area contributed by atoms with E-state index in [0.29, 0.717) is 5.75 Å². The van der Waals surface area contributed by atoms with Crippen LogP contribution in [-0.4, -0.2) is 40.9 Å². The molecule has 0 unspecified atom stereocenters. The first kappa shape index (κ1) is 15.4. The fraction of sp³-hybridized carbons (Fsp3) is 0.385. The first-order chi connectivity index (χ1) is 8.72. The maximum atomic E-state index is 11.5. The lowest BCUT2D eigenvalue weighted by atomic mass is 10.1. The van der Waals surface area contributed by atoms with Gasteiger partial charge in [0.15, 0.2) is 5.60 Å². The van der Waals surface area contributed by atoms with Gasteiger partial charge >= 0.3 is 5.97 Å². The fourth-order valence-electron chi connectivity index (χ4n) is 1.11. The molecule has 6 heteroatoms. The van der Waals surface area contributed by atoms with E-state index in [1.165, 1.54) is 18.7 Å². The van der Waals surface area contributed by atoms with Gasteiger partial charge in [-0.05, 0) is 49.9 Å². The van der Waals surface area contributed by atoms with Crippen LogP contribution >= 0.6 is 11.8 Å². The molecule has 5 nitrogen and oxygen atoms in total. The van der Waals surface area contributed by atoms with Crippen molar-refractivity contribution in [1.82, 2.24) is 4.90 Å². The molecule has 0 aliphatic rings. The monoisotopic (exact) mass is 283 g/mol. The Kier molecular flexibility index (Phi) is 4.83. The quantitative estimate of drug-likeness (QED) is 0.861. The smallest absolute Gasteiger partial charge is 0.347 e. The highest BCUT2D eigenvalue weighted by atomic mass is 32.2. The number of carboxylic acids is 1. The van der Waals surface area contributed by atoms with Crippen LogP contribution in [0.25, 0.3) is 0 Å². The minimum atomic E-state index is -1.28. The Hall–Kier alpha value is -1.69. The third-order valence-corrected chi connectivity index (χ3v) is 3.33. The van der Waals surface area contributed by atoms with Gasteiger partial charge in [-0.2, -0.15) is 0 Å². The van der Waals surface area contributed by atoms with Gasteiger partial charge in [0.05, 0.1) is 0 Å². The number of hydrogen-bond donors (Lipinski definition) is 1. The molecule has 0 saturated carbocycles. The Labute approximate surface area is 116 Å². The van der Waals surface area contributed by atoms with E-state index >= 15 is 0 Å². The second-order valence-corrected chi connectivity index (χ2v) is 5.68. The topological polar surface area (TPSA) is 66.8 Å². The summed E-state index contributed by atoms with van der Waals surface area (Å²) in [4.78, 5) is 24.7. The van der Waals surface area contributed by atoms with Gasteiger partial charge in [0.1, 0.15) is 5.75 Å². The molecule has 19 heavy (non-hydrogen) atoms. The number of aliphatic carboxylic acids is 1. The van der Waals surface area contributed by atoms with Crippen molar-refractivity contribution in [2.24, 2.45) is 0 Å². The molecule has 0 atom stereocenters. The van der Waals surface area contributed by atoms with E-state index in [-0.39, 0.29) is 5.24 Å². The van der Waals surface area contributed by atoms with Crippen LogP contribution in [-0.2, 0) is 4.79 Å². The molecule has 0 aliphatic carbocycles. The Morgan fingerprint density at radius 3 is 2.16 bits per heavy atom. The van der Waals surface area contributed by atoms with E-state index in [2.05, 4.69) is 0 Å². The lowest BCUT2D eigenvalue weighted by Crippen LogP contribution is -2.37. The average Bonchev–Trinajstić information content (AvgIpc) is 2.30. The molecule has 0 aliphatic heterocycles. The number of carbonyl (C=O) groups is 2. The van der Waals surface area contributed by atoms with Crippen molar-refractivity contribution < 1.29 is 19.4 Å². The first-order valence-electron chi connectivity index (χ1n) is 5.64. The number of ether oxygens (including phenoxy) is 1. The van der Waals surface area contributed by atoms with E-state index in [1.54, 1.807) is 38.4 Å². The molecule has 1 aromatic carbocycles. The molecule has 0 radical (unpaired) electrons. The van der Waals surface area contributed by atoms with Gasteiger partial charge in [0, 0.05) is 19.0 Å². The predicted octanol–water partition coefficient (Wildman–Crippen LogP) is 2.70. The van der Waals surface area contributed by atoms with E-state index in [4.69, 9.17) is 9.84 Å². The first-order valence-corrected chi connectivity index (χ1v) is 6.45. The van der Waals surface area contributed by atoms with Crippen LogP contribution in [0.2, 0.25) is 0 Å². The average molecular weight is 283 g/mol. The molecule has 0 bridgehead atoms. The van der Waals surface area contributed by atoms with Crippen molar-refractivity contribution in [3.05, 3.63) is 24.3 Å². The minimum Gasteiger partial charge on any atom is -0.478 e. The summed E-state index contributed by atoms with van der Waals surface area (Å²) >= 11 is 1.10. The van der Waals surface area contributed by atoms with Crippen molar-refractivity contribution >= 4 is 23.0 Å². The number of amides is 1. The second-order valence-electron chi connectivity index (χ2n) is 4.65. The zero-order valence-corrected chi connectivity index (χ0v) is 12.2. The van der Waals surface area contributed by atoms with Crippen molar-refractivity contribution in [2.75, 3.05) is 14.1 Å². The lowest BCUT2D eigenvalue weighted by molar-refractivity contribution is -0.152. The van der Waals surface area contributed by atoms with Crippen LogP contribution in [0.15, 0.2) is 29.2 Å². The predicted molar refractivity (Wildman–Crippen MR) is 73.7 cm³/mol. The highest BCUT2D eigenvalue weighted by Crippen LogP contribution is 2.25. The van der Waals surface area contributed by atoms with Gasteiger partial charge in [0.2, 0.25) is 0 Å². The van der Waals surface area contributed by atoms with Crippen LogP contribution in [0.4, 0.5) is 4.79 Å². The van der Waals surface area contributed by atoms with Crippen molar-refractivity contribution in [2.45, 2.75) is 24.3 Å². The SMILES string of the molecule is CN(C)C(=O)Sc1ccc(OC(C)(C)C(=O)O)cc1. The zero-order chi connectivity index (χ0) is 14.6. The molecule has 104 valence electrons. The van der Waals surface area contributed by atoms with Crippen molar-refractivity contribution in [3.63, 3.8) is 0 Å². The van der Waals surface area contributed by atoms with Crippen LogP contribution < -0.4 is 4.74 Å². The number of thioether (sulfide) groups is 1. The molecule has 0 fully saturated rings. The van der Waals surface area contributed by atoms with E-state index in [0.717, 1.165) is 16.7 Å². The Morgan fingerprint density at radius 1 is 1.21 bits per heavy atom. The maximum absolute atomic E-state index is 11.5. The summed E-state index contributed by atoms with van der Waals surface area (Å²) in [6, 6.07) is 6.74. The molecule has 1 N–H and O–H groups in total. The van der Waals surface area contributed by atoms with Crippen molar-refractivity contribution in [3.8, 4) is 5.75 Å². The van der Waals surface area contributed by atoms with E-state index < -0.39 is 11.6 Å². The summed E-state index contributed by atoms with van der Waals surface area (Å²) in [7, 11) is 3.37. The van der Waals surface area contributed by atoms with E-state index in [9.17, 15) is 9.59 Å². The Morgan fingerprint density at radius 2 is 1.74 bits per heavy atom. The second kappa shape index (κ2) is 5.97. The number of hydrogen-bond acceptors (Lipinski definition) is 4. The molecule has 0 heterocycles. The number of carboxylic acid groups (broad SMARTS) is 1. The maximum Gasteiger partial charge on any atom is 0.347 e. The molecule has 1 amide bonds. The minimum absolute atomic E-state index is 0.0699. The Balaban J connectivity index is 2.72. The molecular weight excluding hydrogens is 266 g/mol. The van der Waals surface area contributed by atoms with Gasteiger partial charge in [0.25, 0.3) is 5.24 Å². The molecule has 0 aromatic heterocycles. The summed E-state index contributed by atoms with van der Waals surface area (Å²) in [5.74, 6) is -0.581. The highest BCUT2D eigenvalue weighted by Gasteiger charge is 2.29. The summed E-state index contributed by atoms with van der Waals surface area (Å²) in [6.45, 7) is 2.96. The normalized spacial score (nSPS) is 10.9. The molecule has 0 saturated heterocycles. The number of rotatable bonds is 4. The van der Waals surface area contributed by atoms with E-state index in [1.807, 2.05) is 0 Å². The number of nitrogens with zero attached hydrogens (tertiary/aromatic N) is 1. The van der Waals surface area contributed by atoms with Crippen LogP contribution in [0, 0.1) is 0 Å². The number of benzene rings is 1. The summed E-state index contributed by atoms with van der Waals surface area (Å²) < 4.78 is 5.37. The third-order valence-electron chi connectivity index (χ3n) is 2.28. The molecule has 1 rings (SSSR count). The Bertz CT molecular complexity index is 468. The number of carbonyl (C=O) groups excluding carboxylic acids is 1. The molecule has 0 spiro atoms. The van der Waals surface area contributed by atoms with Gasteiger partial charge in [-0.1, -0.05) is 0 Å². The molecule has 1 aromatic rings.